The first kappa shape index (κ1) is 18.7. The summed E-state index contributed by atoms with van der Waals surface area (Å²) in [4.78, 5) is 9.00. The van der Waals surface area contributed by atoms with Crippen LogP contribution in [0.1, 0.15) is 39.2 Å². The van der Waals surface area contributed by atoms with Crippen molar-refractivity contribution in [2.75, 3.05) is 38.1 Å². The smallest absolute Gasteiger partial charge is 0.130 e. The Bertz CT molecular complexity index is 636. The van der Waals surface area contributed by atoms with Gasteiger partial charge in [-0.3, -0.25) is 0 Å². The summed E-state index contributed by atoms with van der Waals surface area (Å²) in [7, 11) is 2.10. The molecule has 0 radical (unpaired) electrons. The van der Waals surface area contributed by atoms with Crippen molar-refractivity contribution >= 4 is 17.0 Å². The van der Waals surface area contributed by atoms with Crippen LogP contribution in [0.2, 0.25) is 0 Å². The highest BCUT2D eigenvalue weighted by Crippen LogP contribution is 2.41. The van der Waals surface area contributed by atoms with Crippen LogP contribution in [0.15, 0.2) is 23.0 Å². The summed E-state index contributed by atoms with van der Waals surface area (Å²) in [6.07, 6.45) is 0. The standard InChI is InChI=1S/C19H29N3OS/c1-6-22(7-2)11-10-21(5)17-9-8-15(16-12-24-13-20-16)19(23)18(17)14(3)4/h8-9,12-14,23H,6-7,10-11H2,1-5H3. The minimum absolute atomic E-state index is 0.245. The molecule has 0 unspecified atom stereocenters. The molecule has 0 amide bonds. The highest BCUT2D eigenvalue weighted by molar-refractivity contribution is 7.07. The molecule has 0 saturated heterocycles. The molecule has 2 rings (SSSR count). The minimum atomic E-state index is 0.245. The molecule has 0 aliphatic carbocycles. The number of thiazole rings is 1. The van der Waals surface area contributed by atoms with Gasteiger partial charge in [-0.05, 0) is 31.1 Å². The third-order valence-corrected chi connectivity index (χ3v) is 5.12. The lowest BCUT2D eigenvalue weighted by Crippen LogP contribution is -2.33. The van der Waals surface area contributed by atoms with Crippen molar-refractivity contribution in [3.8, 4) is 17.0 Å². The lowest BCUT2D eigenvalue weighted by Gasteiger charge is -2.28. The van der Waals surface area contributed by atoms with Crippen LogP contribution in [-0.2, 0) is 0 Å². The summed E-state index contributed by atoms with van der Waals surface area (Å²) in [5.41, 5.74) is 5.57. The molecule has 1 aromatic heterocycles. The topological polar surface area (TPSA) is 39.6 Å². The van der Waals surface area contributed by atoms with Crippen LogP contribution >= 0.6 is 11.3 Å². The van der Waals surface area contributed by atoms with Crippen molar-refractivity contribution in [1.29, 1.82) is 0 Å². The quantitative estimate of drug-likeness (QED) is 0.767. The van der Waals surface area contributed by atoms with E-state index in [1.165, 1.54) is 0 Å². The van der Waals surface area contributed by atoms with Crippen LogP contribution in [0.25, 0.3) is 11.3 Å². The first-order chi connectivity index (χ1) is 11.5. The van der Waals surface area contributed by atoms with Gasteiger partial charge in [0.25, 0.3) is 0 Å². The van der Waals surface area contributed by atoms with E-state index in [0.29, 0.717) is 5.75 Å². The maximum Gasteiger partial charge on any atom is 0.130 e. The van der Waals surface area contributed by atoms with E-state index in [1.54, 1.807) is 16.8 Å². The van der Waals surface area contributed by atoms with E-state index in [4.69, 9.17) is 0 Å². The number of anilines is 1. The molecule has 132 valence electrons. The molecule has 0 spiro atoms. The maximum absolute atomic E-state index is 10.9. The highest BCUT2D eigenvalue weighted by atomic mass is 32.1. The Kier molecular flexibility index (Phi) is 6.63. The monoisotopic (exact) mass is 347 g/mol. The van der Waals surface area contributed by atoms with Gasteiger partial charge in [-0.25, -0.2) is 4.98 Å². The molecule has 1 aromatic carbocycles. The fourth-order valence-corrected chi connectivity index (χ4v) is 3.56. The van der Waals surface area contributed by atoms with Gasteiger partial charge in [0, 0.05) is 42.3 Å². The lowest BCUT2D eigenvalue weighted by molar-refractivity contribution is 0.311. The number of aromatic nitrogens is 1. The molecule has 0 atom stereocenters. The van der Waals surface area contributed by atoms with Crippen LogP contribution < -0.4 is 4.90 Å². The molecule has 5 heteroatoms. The number of benzene rings is 1. The van der Waals surface area contributed by atoms with Gasteiger partial charge in [-0.2, -0.15) is 0 Å². The zero-order valence-corrected chi connectivity index (χ0v) is 16.2. The van der Waals surface area contributed by atoms with E-state index >= 15 is 0 Å². The van der Waals surface area contributed by atoms with E-state index in [2.05, 4.69) is 55.6 Å². The second kappa shape index (κ2) is 8.49. The average molecular weight is 348 g/mol. The summed E-state index contributed by atoms with van der Waals surface area (Å²) in [5, 5.41) is 12.8. The Labute approximate surface area is 149 Å². The number of aromatic hydroxyl groups is 1. The van der Waals surface area contributed by atoms with Gasteiger partial charge in [0.2, 0.25) is 0 Å². The van der Waals surface area contributed by atoms with Gasteiger partial charge < -0.3 is 14.9 Å². The maximum atomic E-state index is 10.9. The Hall–Kier alpha value is -1.59. The third kappa shape index (κ3) is 4.08. The number of phenolic OH excluding ortho intramolecular Hbond substituents is 1. The van der Waals surface area contributed by atoms with Crippen LogP contribution in [0.4, 0.5) is 5.69 Å². The fourth-order valence-electron chi connectivity index (χ4n) is 3.00. The Morgan fingerprint density at radius 2 is 1.88 bits per heavy atom. The summed E-state index contributed by atoms with van der Waals surface area (Å²) in [5.74, 6) is 0.609. The van der Waals surface area contributed by atoms with Crippen molar-refractivity contribution in [3.63, 3.8) is 0 Å². The molecule has 0 fully saturated rings. The Balaban J connectivity index is 2.31. The summed E-state index contributed by atoms with van der Waals surface area (Å²) in [6, 6.07) is 4.10. The van der Waals surface area contributed by atoms with Gasteiger partial charge in [0.05, 0.1) is 11.2 Å². The molecular formula is C19H29N3OS. The van der Waals surface area contributed by atoms with E-state index in [0.717, 1.165) is 48.7 Å². The molecule has 0 saturated carbocycles. The first-order valence-corrected chi connectivity index (χ1v) is 9.61. The molecule has 0 aliphatic rings. The lowest BCUT2D eigenvalue weighted by atomic mass is 9.95. The normalized spacial score (nSPS) is 11.5. The summed E-state index contributed by atoms with van der Waals surface area (Å²) < 4.78 is 0. The SMILES string of the molecule is CCN(CC)CCN(C)c1ccc(-c2cscn2)c(O)c1C(C)C. The summed E-state index contributed by atoms with van der Waals surface area (Å²) >= 11 is 1.55. The molecule has 24 heavy (non-hydrogen) atoms. The molecule has 1 heterocycles. The molecule has 0 bridgehead atoms. The summed E-state index contributed by atoms with van der Waals surface area (Å²) in [6.45, 7) is 12.7. The van der Waals surface area contributed by atoms with E-state index in [1.807, 2.05) is 11.4 Å². The van der Waals surface area contributed by atoms with Crippen molar-refractivity contribution < 1.29 is 5.11 Å². The molecular weight excluding hydrogens is 318 g/mol. The van der Waals surface area contributed by atoms with E-state index in [9.17, 15) is 5.11 Å². The second-order valence-electron chi connectivity index (χ2n) is 6.37. The minimum Gasteiger partial charge on any atom is -0.507 e. The predicted octanol–water partition coefficient (Wildman–Crippen LogP) is 4.42. The van der Waals surface area contributed by atoms with Gasteiger partial charge >= 0.3 is 0 Å². The molecule has 1 N–H and O–H groups in total. The van der Waals surface area contributed by atoms with Gasteiger partial charge in [-0.15, -0.1) is 11.3 Å². The van der Waals surface area contributed by atoms with Crippen LogP contribution in [-0.4, -0.2) is 48.2 Å². The molecule has 0 aliphatic heterocycles. The van der Waals surface area contributed by atoms with E-state index in [-0.39, 0.29) is 5.92 Å². The largest absolute Gasteiger partial charge is 0.507 e. The van der Waals surface area contributed by atoms with Crippen LogP contribution in [0, 0.1) is 0 Å². The molecule has 2 aromatic rings. The van der Waals surface area contributed by atoms with Gasteiger partial charge in [0.15, 0.2) is 0 Å². The average Bonchev–Trinajstić information content (AvgIpc) is 3.09. The van der Waals surface area contributed by atoms with Crippen LogP contribution in [0.3, 0.4) is 0 Å². The number of likely N-dealkylation sites (N-methyl/N-ethyl adjacent to an activating group) is 2. The number of hydrogen-bond donors (Lipinski definition) is 1. The number of hydrogen-bond acceptors (Lipinski definition) is 5. The number of phenols is 1. The van der Waals surface area contributed by atoms with E-state index < -0.39 is 0 Å². The predicted molar refractivity (Wildman–Crippen MR) is 104 cm³/mol. The first-order valence-electron chi connectivity index (χ1n) is 8.67. The van der Waals surface area contributed by atoms with Crippen molar-refractivity contribution in [1.82, 2.24) is 9.88 Å². The second-order valence-corrected chi connectivity index (χ2v) is 7.09. The zero-order chi connectivity index (χ0) is 17.7. The Morgan fingerprint density at radius 1 is 1.17 bits per heavy atom. The van der Waals surface area contributed by atoms with Gasteiger partial charge in [-0.1, -0.05) is 27.7 Å². The molecule has 4 nitrogen and oxygen atoms in total. The number of nitrogens with zero attached hydrogens (tertiary/aromatic N) is 3. The third-order valence-electron chi connectivity index (χ3n) is 4.54. The highest BCUT2D eigenvalue weighted by Gasteiger charge is 2.19. The van der Waals surface area contributed by atoms with Gasteiger partial charge in [0.1, 0.15) is 5.75 Å². The van der Waals surface area contributed by atoms with Crippen LogP contribution in [0.5, 0.6) is 5.75 Å². The van der Waals surface area contributed by atoms with Crippen molar-refractivity contribution in [2.45, 2.75) is 33.6 Å². The number of rotatable bonds is 8. The Morgan fingerprint density at radius 3 is 2.42 bits per heavy atom. The zero-order valence-electron chi connectivity index (χ0n) is 15.4. The van der Waals surface area contributed by atoms with Crippen molar-refractivity contribution in [2.24, 2.45) is 0 Å². The fraction of sp³-hybridized carbons (Fsp3) is 0.526. The van der Waals surface area contributed by atoms with Crippen molar-refractivity contribution in [3.05, 3.63) is 28.6 Å².